The van der Waals surface area contributed by atoms with E-state index in [0.29, 0.717) is 10.7 Å². The van der Waals surface area contributed by atoms with Crippen molar-refractivity contribution in [3.05, 3.63) is 63.1 Å². The number of nitrogens with one attached hydrogen (secondary N) is 1. The van der Waals surface area contributed by atoms with Gasteiger partial charge in [-0.15, -0.1) is 0 Å². The lowest BCUT2D eigenvalue weighted by Gasteiger charge is -2.11. The SMILES string of the molecule is Cc1cc(Cl)c(NC(=O)OCc2ccccc2)c(Br)c1. The summed E-state index contributed by atoms with van der Waals surface area (Å²) >= 11 is 9.46. The van der Waals surface area contributed by atoms with E-state index in [-0.39, 0.29) is 6.61 Å². The van der Waals surface area contributed by atoms with Crippen LogP contribution < -0.4 is 5.32 Å². The van der Waals surface area contributed by atoms with Crippen LogP contribution in [0, 0.1) is 6.92 Å². The van der Waals surface area contributed by atoms with Gasteiger partial charge in [0.25, 0.3) is 0 Å². The van der Waals surface area contributed by atoms with Crippen molar-refractivity contribution in [2.24, 2.45) is 0 Å². The van der Waals surface area contributed by atoms with Gasteiger partial charge in [-0.25, -0.2) is 4.79 Å². The first-order valence-corrected chi connectivity index (χ1v) is 7.16. The van der Waals surface area contributed by atoms with Crippen LogP contribution in [0.25, 0.3) is 0 Å². The van der Waals surface area contributed by atoms with Crippen LogP contribution in [0.4, 0.5) is 10.5 Å². The molecule has 0 bridgehead atoms. The molecule has 104 valence electrons. The molecular formula is C15H13BrClNO2. The predicted octanol–water partition coefficient (Wildman–Crippen LogP) is 5.16. The average molecular weight is 355 g/mol. The fourth-order valence-corrected chi connectivity index (χ4v) is 2.79. The summed E-state index contributed by atoms with van der Waals surface area (Å²) < 4.78 is 5.86. The number of hydrogen-bond donors (Lipinski definition) is 1. The molecule has 3 nitrogen and oxygen atoms in total. The largest absolute Gasteiger partial charge is 0.444 e. The first-order valence-electron chi connectivity index (χ1n) is 5.99. The zero-order valence-electron chi connectivity index (χ0n) is 10.8. The Hall–Kier alpha value is -1.52. The van der Waals surface area contributed by atoms with Crippen LogP contribution in [0.1, 0.15) is 11.1 Å². The molecule has 2 aromatic rings. The number of hydrogen-bond acceptors (Lipinski definition) is 2. The lowest BCUT2D eigenvalue weighted by atomic mass is 10.2. The predicted molar refractivity (Wildman–Crippen MR) is 84.1 cm³/mol. The van der Waals surface area contributed by atoms with Gasteiger partial charge >= 0.3 is 6.09 Å². The zero-order valence-corrected chi connectivity index (χ0v) is 13.2. The monoisotopic (exact) mass is 353 g/mol. The Morgan fingerprint density at radius 1 is 1.30 bits per heavy atom. The molecule has 0 saturated heterocycles. The van der Waals surface area contributed by atoms with Crippen molar-refractivity contribution in [2.45, 2.75) is 13.5 Å². The molecule has 0 atom stereocenters. The van der Waals surface area contributed by atoms with Gasteiger partial charge in [-0.05, 0) is 46.1 Å². The number of halogens is 2. The highest BCUT2D eigenvalue weighted by Crippen LogP contribution is 2.32. The topological polar surface area (TPSA) is 38.3 Å². The van der Waals surface area contributed by atoms with Crippen molar-refractivity contribution in [1.29, 1.82) is 0 Å². The van der Waals surface area contributed by atoms with Crippen LogP contribution in [0.2, 0.25) is 5.02 Å². The highest BCUT2D eigenvalue weighted by Gasteiger charge is 2.11. The molecule has 0 aromatic heterocycles. The fraction of sp³-hybridized carbons (Fsp3) is 0.133. The van der Waals surface area contributed by atoms with Crippen LogP contribution in [-0.4, -0.2) is 6.09 Å². The average Bonchev–Trinajstić information content (AvgIpc) is 2.42. The molecule has 0 aliphatic carbocycles. The number of ether oxygens (including phenoxy) is 1. The Kier molecular flexibility index (Phi) is 5.04. The minimum Gasteiger partial charge on any atom is -0.444 e. The lowest BCUT2D eigenvalue weighted by Crippen LogP contribution is -2.14. The molecule has 0 aliphatic rings. The number of aryl methyl sites for hydroxylation is 1. The second-order valence-corrected chi connectivity index (χ2v) is 5.55. The maximum atomic E-state index is 11.8. The Bertz CT molecular complexity index is 594. The molecule has 0 aliphatic heterocycles. The van der Waals surface area contributed by atoms with E-state index in [1.807, 2.05) is 43.3 Å². The van der Waals surface area contributed by atoms with Crippen LogP contribution in [0.15, 0.2) is 46.9 Å². The molecule has 0 saturated carbocycles. The van der Waals surface area contributed by atoms with E-state index in [1.165, 1.54) is 0 Å². The van der Waals surface area contributed by atoms with Gasteiger partial charge in [0, 0.05) is 4.47 Å². The first kappa shape index (κ1) is 14.9. The van der Waals surface area contributed by atoms with Gasteiger partial charge in [0.15, 0.2) is 0 Å². The lowest BCUT2D eigenvalue weighted by molar-refractivity contribution is 0.155. The Labute approximate surface area is 131 Å². The van der Waals surface area contributed by atoms with E-state index in [1.54, 1.807) is 6.07 Å². The summed E-state index contributed by atoms with van der Waals surface area (Å²) in [5.74, 6) is 0. The fourth-order valence-electron chi connectivity index (χ4n) is 1.68. The van der Waals surface area contributed by atoms with E-state index in [2.05, 4.69) is 21.2 Å². The quantitative estimate of drug-likeness (QED) is 0.827. The highest BCUT2D eigenvalue weighted by atomic mass is 79.9. The van der Waals surface area contributed by atoms with Crippen molar-refractivity contribution in [3.8, 4) is 0 Å². The molecule has 0 fully saturated rings. The van der Waals surface area contributed by atoms with Crippen molar-refractivity contribution >= 4 is 39.3 Å². The van der Waals surface area contributed by atoms with Gasteiger partial charge in [-0.3, -0.25) is 5.32 Å². The zero-order chi connectivity index (χ0) is 14.5. The van der Waals surface area contributed by atoms with E-state index in [4.69, 9.17) is 16.3 Å². The molecule has 0 heterocycles. The van der Waals surface area contributed by atoms with Crippen LogP contribution in [-0.2, 0) is 11.3 Å². The molecule has 0 unspecified atom stereocenters. The second kappa shape index (κ2) is 6.77. The summed E-state index contributed by atoms with van der Waals surface area (Å²) in [7, 11) is 0. The molecular weight excluding hydrogens is 342 g/mol. The summed E-state index contributed by atoms with van der Waals surface area (Å²) in [6.45, 7) is 2.14. The van der Waals surface area contributed by atoms with Gasteiger partial charge in [-0.2, -0.15) is 0 Å². The third-order valence-corrected chi connectivity index (χ3v) is 3.55. The number of carbonyl (C=O) groups excluding carboxylic acids is 1. The van der Waals surface area contributed by atoms with Crippen LogP contribution >= 0.6 is 27.5 Å². The Balaban J connectivity index is 1.98. The molecule has 2 aromatic carbocycles. The van der Waals surface area contributed by atoms with Crippen molar-refractivity contribution in [3.63, 3.8) is 0 Å². The number of amides is 1. The molecule has 0 spiro atoms. The number of anilines is 1. The van der Waals surface area contributed by atoms with E-state index >= 15 is 0 Å². The minimum absolute atomic E-state index is 0.216. The standard InChI is InChI=1S/C15H13BrClNO2/c1-10-7-12(16)14(13(17)8-10)18-15(19)20-9-11-5-3-2-4-6-11/h2-8H,9H2,1H3,(H,18,19). The minimum atomic E-state index is -0.541. The van der Waals surface area contributed by atoms with Crippen molar-refractivity contribution in [2.75, 3.05) is 5.32 Å². The molecule has 1 amide bonds. The highest BCUT2D eigenvalue weighted by molar-refractivity contribution is 9.10. The van der Waals surface area contributed by atoms with Crippen LogP contribution in [0.5, 0.6) is 0 Å². The van der Waals surface area contributed by atoms with Gasteiger partial charge in [0.1, 0.15) is 6.61 Å². The summed E-state index contributed by atoms with van der Waals surface area (Å²) in [6.07, 6.45) is -0.541. The van der Waals surface area contributed by atoms with Gasteiger partial charge in [0.2, 0.25) is 0 Å². The molecule has 0 radical (unpaired) electrons. The maximum Gasteiger partial charge on any atom is 0.412 e. The molecule has 2 rings (SSSR count). The van der Waals surface area contributed by atoms with Gasteiger partial charge < -0.3 is 4.74 Å². The number of benzene rings is 2. The molecule has 1 N–H and O–H groups in total. The van der Waals surface area contributed by atoms with E-state index < -0.39 is 6.09 Å². The molecule has 20 heavy (non-hydrogen) atoms. The van der Waals surface area contributed by atoms with Crippen molar-refractivity contribution in [1.82, 2.24) is 0 Å². The summed E-state index contributed by atoms with van der Waals surface area (Å²) in [5.41, 5.74) is 2.44. The first-order chi connectivity index (χ1) is 9.56. The van der Waals surface area contributed by atoms with E-state index in [9.17, 15) is 4.79 Å². The normalized spacial score (nSPS) is 10.2. The maximum absolute atomic E-state index is 11.8. The van der Waals surface area contributed by atoms with Gasteiger partial charge in [0.05, 0.1) is 10.7 Å². The summed E-state index contributed by atoms with van der Waals surface area (Å²) in [4.78, 5) is 11.8. The van der Waals surface area contributed by atoms with Gasteiger partial charge in [-0.1, -0.05) is 41.9 Å². The summed E-state index contributed by atoms with van der Waals surface area (Å²) in [6, 6.07) is 13.1. The number of carbonyl (C=O) groups is 1. The second-order valence-electron chi connectivity index (χ2n) is 4.29. The summed E-state index contributed by atoms with van der Waals surface area (Å²) in [5, 5.41) is 3.10. The molecule has 5 heteroatoms. The van der Waals surface area contributed by atoms with Crippen molar-refractivity contribution < 1.29 is 9.53 Å². The Morgan fingerprint density at radius 2 is 2.00 bits per heavy atom. The third kappa shape index (κ3) is 3.99. The third-order valence-electron chi connectivity index (χ3n) is 2.63. The smallest absolute Gasteiger partial charge is 0.412 e. The number of rotatable bonds is 3. The van der Waals surface area contributed by atoms with E-state index in [0.717, 1.165) is 15.6 Å². The van der Waals surface area contributed by atoms with Crippen LogP contribution in [0.3, 0.4) is 0 Å². The Morgan fingerprint density at radius 3 is 2.65 bits per heavy atom.